The largest absolute Gasteiger partial charge is 0.497 e. The lowest BCUT2D eigenvalue weighted by Gasteiger charge is -2.23. The van der Waals surface area contributed by atoms with Crippen LogP contribution >= 0.6 is 11.8 Å². The third-order valence-corrected chi connectivity index (χ3v) is 5.16. The van der Waals surface area contributed by atoms with Crippen molar-refractivity contribution in [2.75, 3.05) is 38.5 Å². The fourth-order valence-electron chi connectivity index (χ4n) is 3.16. The van der Waals surface area contributed by atoms with Crippen LogP contribution in [0.1, 0.15) is 12.5 Å². The Balaban J connectivity index is 2.20. The van der Waals surface area contributed by atoms with E-state index >= 15 is 0 Å². The van der Waals surface area contributed by atoms with E-state index in [9.17, 15) is 4.39 Å². The minimum Gasteiger partial charge on any atom is -0.497 e. The van der Waals surface area contributed by atoms with Gasteiger partial charge >= 0.3 is 0 Å². The lowest BCUT2D eigenvalue weighted by atomic mass is 10.1. The molecule has 2 heterocycles. The summed E-state index contributed by atoms with van der Waals surface area (Å²) >= 11 is 1.34. The highest BCUT2D eigenvalue weighted by Crippen LogP contribution is 2.27. The van der Waals surface area contributed by atoms with Gasteiger partial charge in [0.2, 0.25) is 0 Å². The quantitative estimate of drug-likeness (QED) is 0.548. The number of halogens is 1. The van der Waals surface area contributed by atoms with Gasteiger partial charge in [-0.15, -0.1) is 0 Å². The molecule has 7 nitrogen and oxygen atoms in total. The molecule has 0 spiro atoms. The van der Waals surface area contributed by atoms with Crippen LogP contribution in [-0.2, 0) is 11.3 Å². The molecule has 3 rings (SSSR count). The van der Waals surface area contributed by atoms with Gasteiger partial charge in [0.05, 0.1) is 20.8 Å². The highest BCUT2D eigenvalue weighted by atomic mass is 32.2. The van der Waals surface area contributed by atoms with Gasteiger partial charge in [0.1, 0.15) is 40.3 Å². The predicted molar refractivity (Wildman–Crippen MR) is 117 cm³/mol. The fraction of sp³-hybridized carbons (Fsp3) is 0.333. The van der Waals surface area contributed by atoms with Crippen molar-refractivity contribution < 1.29 is 18.6 Å². The Hall–Kier alpha value is -2.94. The van der Waals surface area contributed by atoms with Gasteiger partial charge in [0.15, 0.2) is 11.0 Å². The molecule has 1 aliphatic rings. The van der Waals surface area contributed by atoms with Gasteiger partial charge in [0, 0.05) is 18.2 Å². The summed E-state index contributed by atoms with van der Waals surface area (Å²) < 4.78 is 31.3. The van der Waals surface area contributed by atoms with Crippen LogP contribution in [0.25, 0.3) is 11.7 Å². The molecule has 0 atom stereocenters. The standard InChI is InChI=1S/C21H25FN4O3S/c1-5-6-15(22)18-17-19(23)29-10-9-26(20(17)25-21(24-18)30-4)12-13-7-8-14(27-2)11-16(13)28-3/h5-8,11H,9-10,12,23H2,1-4H3/b6-5?,18-15-. The van der Waals surface area contributed by atoms with Crippen molar-refractivity contribution in [3.05, 3.63) is 46.5 Å². The van der Waals surface area contributed by atoms with Crippen molar-refractivity contribution >= 4 is 29.3 Å². The van der Waals surface area contributed by atoms with Crippen molar-refractivity contribution in [3.63, 3.8) is 0 Å². The minimum atomic E-state index is -0.498. The van der Waals surface area contributed by atoms with E-state index in [1.165, 1.54) is 17.8 Å². The summed E-state index contributed by atoms with van der Waals surface area (Å²) in [6, 6.07) is 5.62. The van der Waals surface area contributed by atoms with Crippen LogP contribution in [0.15, 0.2) is 35.5 Å². The third-order valence-electron chi connectivity index (χ3n) is 4.61. The Labute approximate surface area is 179 Å². The zero-order valence-corrected chi connectivity index (χ0v) is 18.3. The van der Waals surface area contributed by atoms with E-state index in [2.05, 4.69) is 9.97 Å². The van der Waals surface area contributed by atoms with Crippen molar-refractivity contribution in [1.82, 2.24) is 9.97 Å². The first-order chi connectivity index (χ1) is 14.5. The molecule has 0 fully saturated rings. The molecule has 2 N–H and O–H groups in total. The number of allylic oxidation sites excluding steroid dienone is 2. The Morgan fingerprint density at radius 1 is 1.33 bits per heavy atom. The number of methoxy groups -OCH3 is 2. The molecule has 30 heavy (non-hydrogen) atoms. The van der Waals surface area contributed by atoms with E-state index in [0.717, 1.165) is 5.56 Å². The summed E-state index contributed by atoms with van der Waals surface area (Å²) in [4.78, 5) is 11.0. The summed E-state index contributed by atoms with van der Waals surface area (Å²) in [6.45, 7) is 3.05. The summed E-state index contributed by atoms with van der Waals surface area (Å²) in [5, 5.41) is 0.923. The van der Waals surface area contributed by atoms with E-state index in [0.29, 0.717) is 47.4 Å². The van der Waals surface area contributed by atoms with Crippen LogP contribution < -0.4 is 30.7 Å². The molecular weight excluding hydrogens is 407 g/mol. The van der Waals surface area contributed by atoms with Gasteiger partial charge in [0.25, 0.3) is 0 Å². The summed E-state index contributed by atoms with van der Waals surface area (Å²) in [6.07, 6.45) is 4.80. The monoisotopic (exact) mass is 432 g/mol. The molecule has 1 aromatic carbocycles. The molecule has 0 amide bonds. The van der Waals surface area contributed by atoms with E-state index in [-0.39, 0.29) is 11.2 Å². The topological polar surface area (TPSA) is 82.7 Å². The van der Waals surface area contributed by atoms with Crippen molar-refractivity contribution in [2.45, 2.75) is 18.6 Å². The molecule has 0 saturated carbocycles. The van der Waals surface area contributed by atoms with Crippen LogP contribution in [0.4, 0.5) is 10.2 Å². The molecule has 1 aromatic heterocycles. The maximum Gasteiger partial charge on any atom is 0.197 e. The Morgan fingerprint density at radius 3 is 2.80 bits per heavy atom. The van der Waals surface area contributed by atoms with Gasteiger partial charge in [-0.25, -0.2) is 14.4 Å². The highest BCUT2D eigenvalue weighted by Gasteiger charge is 2.21. The first-order valence-electron chi connectivity index (χ1n) is 9.35. The fourth-order valence-corrected chi connectivity index (χ4v) is 3.52. The summed E-state index contributed by atoms with van der Waals surface area (Å²) in [7, 11) is 3.21. The first-order valence-corrected chi connectivity index (χ1v) is 10.6. The second-order valence-electron chi connectivity index (χ2n) is 6.42. The highest BCUT2D eigenvalue weighted by molar-refractivity contribution is 7.98. The third kappa shape index (κ3) is 4.46. The Morgan fingerprint density at radius 2 is 2.13 bits per heavy atom. The Kier molecular flexibility index (Phi) is 7.04. The number of fused-ring (bicyclic) bond motifs is 1. The van der Waals surface area contributed by atoms with Gasteiger partial charge in [-0.05, 0) is 31.4 Å². The van der Waals surface area contributed by atoms with Crippen LogP contribution in [0.5, 0.6) is 11.5 Å². The predicted octanol–water partition coefficient (Wildman–Crippen LogP) is 1.93. The number of hydrogen-bond acceptors (Lipinski definition) is 8. The van der Waals surface area contributed by atoms with Crippen molar-refractivity contribution in [2.24, 2.45) is 5.73 Å². The number of aromatic nitrogens is 2. The smallest absolute Gasteiger partial charge is 0.197 e. The number of nitrogens with two attached hydrogens (primary N) is 1. The van der Waals surface area contributed by atoms with Gasteiger partial charge < -0.3 is 24.8 Å². The number of thioether (sulfide) groups is 1. The zero-order valence-electron chi connectivity index (χ0n) is 17.4. The first kappa shape index (κ1) is 21.8. The SMILES string of the molecule is CC=C/C(F)=c1/nc(SC)nc2c1=C(N)OCCN2Cc1ccc(OC)cc1OC. The van der Waals surface area contributed by atoms with E-state index in [1.54, 1.807) is 27.2 Å². The average Bonchev–Trinajstić information content (AvgIpc) is 2.92. The van der Waals surface area contributed by atoms with E-state index in [1.807, 2.05) is 29.4 Å². The van der Waals surface area contributed by atoms with Crippen LogP contribution in [-0.4, -0.2) is 43.6 Å². The maximum atomic E-state index is 14.9. The van der Waals surface area contributed by atoms with Crippen LogP contribution in [0, 0.1) is 0 Å². The lowest BCUT2D eigenvalue weighted by Crippen LogP contribution is -2.40. The number of hydrogen-bond donors (Lipinski definition) is 1. The van der Waals surface area contributed by atoms with Gasteiger partial charge in [-0.3, -0.25) is 0 Å². The normalized spacial score (nSPS) is 14.8. The molecule has 0 saturated heterocycles. The summed E-state index contributed by atoms with van der Waals surface area (Å²) in [5.74, 6) is 1.52. The van der Waals surface area contributed by atoms with Gasteiger partial charge in [-0.2, -0.15) is 0 Å². The number of nitrogens with zero attached hydrogens (tertiary/aromatic N) is 3. The molecule has 0 radical (unpaired) electrons. The zero-order chi connectivity index (χ0) is 21.7. The number of rotatable bonds is 6. The summed E-state index contributed by atoms with van der Waals surface area (Å²) in [5.41, 5.74) is 7.08. The molecule has 1 aliphatic heterocycles. The second-order valence-corrected chi connectivity index (χ2v) is 7.19. The van der Waals surface area contributed by atoms with Gasteiger partial charge in [-0.1, -0.05) is 17.8 Å². The van der Waals surface area contributed by atoms with Crippen LogP contribution in [0.3, 0.4) is 0 Å². The number of anilines is 1. The molecule has 0 unspecified atom stereocenters. The molecule has 9 heteroatoms. The average molecular weight is 433 g/mol. The Bertz CT molecular complexity index is 1070. The minimum absolute atomic E-state index is 0.108. The number of benzene rings is 1. The second kappa shape index (κ2) is 9.71. The molecule has 160 valence electrons. The number of ether oxygens (including phenoxy) is 3. The molecule has 0 bridgehead atoms. The van der Waals surface area contributed by atoms with Crippen molar-refractivity contribution in [3.8, 4) is 11.5 Å². The van der Waals surface area contributed by atoms with Crippen molar-refractivity contribution in [1.29, 1.82) is 0 Å². The lowest BCUT2D eigenvalue weighted by molar-refractivity contribution is 0.277. The molecule has 0 aliphatic carbocycles. The van der Waals surface area contributed by atoms with Crippen LogP contribution in [0.2, 0.25) is 0 Å². The van der Waals surface area contributed by atoms with E-state index < -0.39 is 5.83 Å². The molecule has 2 aromatic rings. The maximum absolute atomic E-state index is 14.9. The van der Waals surface area contributed by atoms with E-state index in [4.69, 9.17) is 19.9 Å². The molecular formula is C21H25FN4O3S.